The lowest BCUT2D eigenvalue weighted by Gasteiger charge is -2.21. The minimum absolute atomic E-state index is 0.0514. The van der Waals surface area contributed by atoms with Gasteiger partial charge in [-0.1, -0.05) is 231 Å². The van der Waals surface area contributed by atoms with Crippen LogP contribution in [0.1, 0.15) is 342 Å². The van der Waals surface area contributed by atoms with Gasteiger partial charge in [-0.05, 0) is 120 Å². The van der Waals surface area contributed by atoms with Crippen LogP contribution in [0.2, 0.25) is 0 Å². The summed E-state index contributed by atoms with van der Waals surface area (Å²) in [5.74, 6) is -2.69. The summed E-state index contributed by atoms with van der Waals surface area (Å²) in [5.41, 5.74) is 0. The normalized spacial score (nSPS) is 14.0. The van der Waals surface area contributed by atoms with Gasteiger partial charge in [0.2, 0.25) is 0 Å². The van der Waals surface area contributed by atoms with E-state index in [0.717, 1.165) is 128 Å². The van der Waals surface area contributed by atoms with Crippen molar-refractivity contribution in [1.82, 2.24) is 0 Å². The van der Waals surface area contributed by atoms with Crippen LogP contribution in [0.3, 0.4) is 0 Å². The maximum atomic E-state index is 13.3. The van der Waals surface area contributed by atoms with Crippen LogP contribution in [0.5, 0.6) is 0 Å². The van der Waals surface area contributed by atoms with Crippen molar-refractivity contribution in [3.8, 4) is 0 Å². The molecule has 0 rings (SSSR count). The number of aliphatic hydroxyl groups excluding tert-OH is 1. The van der Waals surface area contributed by atoms with Crippen LogP contribution in [-0.4, -0.2) is 102 Å². The van der Waals surface area contributed by atoms with E-state index in [2.05, 4.69) is 79.0 Å². The van der Waals surface area contributed by atoms with Crippen LogP contribution in [0, 0.1) is 0 Å². The molecule has 0 spiro atoms. The van der Waals surface area contributed by atoms with E-state index in [4.69, 9.17) is 32.5 Å². The first-order valence-electron chi connectivity index (χ1n) is 37.5. The summed E-state index contributed by atoms with van der Waals surface area (Å²) in [5, 5.41) is 10.6. The van der Waals surface area contributed by atoms with Gasteiger partial charge in [-0.15, -0.1) is 0 Å². The predicted molar refractivity (Wildman–Crippen MR) is 381 cm³/mol. The minimum Gasteiger partial charge on any atom is -0.462 e. The van der Waals surface area contributed by atoms with E-state index in [1.165, 1.54) is 116 Å². The molecule has 0 saturated carbocycles. The molecule has 0 aliphatic rings. The van der Waals surface area contributed by atoms with E-state index in [-0.39, 0.29) is 45.1 Å². The van der Waals surface area contributed by atoms with Crippen molar-refractivity contribution < 1.29 is 85.4 Å². The fraction of sp³-hybridized carbons (Fsp3) is 0.849. The molecule has 0 saturated heterocycles. The summed E-state index contributed by atoms with van der Waals surface area (Å²) in [4.78, 5) is 88.8. The second-order valence-electron chi connectivity index (χ2n) is 25.6. The van der Waals surface area contributed by atoms with Crippen molar-refractivity contribution in [3.05, 3.63) is 36.5 Å². The first-order valence-corrected chi connectivity index (χ1v) is 41.1. The smallest absolute Gasteiger partial charge is 0.462 e. The van der Waals surface area contributed by atoms with E-state index in [0.29, 0.717) is 38.5 Å². The van der Waals surface area contributed by atoms with Gasteiger partial charge >= 0.3 is 45.3 Å². The molecular formula is C73H133NO18P2S. The Morgan fingerprint density at radius 3 is 1.01 bits per heavy atom. The lowest BCUT2D eigenvalue weighted by Crippen LogP contribution is -2.30. The van der Waals surface area contributed by atoms with Crippen LogP contribution >= 0.6 is 15.4 Å². The summed E-state index contributed by atoms with van der Waals surface area (Å²) in [6.07, 6.45) is 55.9. The quantitative estimate of drug-likeness (QED) is 0.0128. The van der Waals surface area contributed by atoms with Crippen LogP contribution < -0.4 is 0 Å². The Hall–Kier alpha value is -3.19. The molecule has 0 aromatic carbocycles. The number of nitrogens with zero attached hydrogens (tertiary/aromatic N) is 1. The number of allylic oxidation sites excluding steroid dienone is 6. The van der Waals surface area contributed by atoms with Crippen LogP contribution in [0.15, 0.2) is 41.0 Å². The molecule has 3 N–H and O–H groups in total. The monoisotopic (exact) mass is 1410 g/mol. The number of carbonyl (C=O) groups excluding carboxylic acids is 5. The second-order valence-corrected chi connectivity index (χ2v) is 29.1. The molecule has 0 bridgehead atoms. The molecule has 5 atom stereocenters. The minimum atomic E-state index is -4.97. The Balaban J connectivity index is 5.32. The molecular weight excluding hydrogens is 1270 g/mol. The van der Waals surface area contributed by atoms with Gasteiger partial charge < -0.3 is 43.2 Å². The molecule has 19 nitrogen and oxygen atoms in total. The Morgan fingerprint density at radius 2 is 0.653 bits per heavy atom. The Labute approximate surface area is 580 Å². The van der Waals surface area contributed by atoms with Crippen molar-refractivity contribution in [2.45, 2.75) is 360 Å². The highest BCUT2D eigenvalue weighted by molar-refractivity contribution is 7.52. The van der Waals surface area contributed by atoms with Crippen LogP contribution in [0.25, 0.3) is 0 Å². The predicted octanol–water partition coefficient (Wildman–Crippen LogP) is 20.0. The molecule has 22 heteroatoms. The molecule has 0 radical (unpaired) electrons. The molecule has 0 amide bonds. The summed E-state index contributed by atoms with van der Waals surface area (Å²) in [6, 6.07) is 0. The summed E-state index contributed by atoms with van der Waals surface area (Å²) in [7, 11) is -9.46. The molecule has 0 aromatic rings. The number of esters is 4. The molecule has 0 fully saturated rings. The van der Waals surface area contributed by atoms with Gasteiger partial charge in [0.15, 0.2) is 6.10 Å². The van der Waals surface area contributed by atoms with Gasteiger partial charge in [-0.25, -0.2) is 9.36 Å². The first-order chi connectivity index (χ1) is 46.1. The zero-order valence-corrected chi connectivity index (χ0v) is 62.1. The third kappa shape index (κ3) is 67.8. The van der Waals surface area contributed by atoms with Gasteiger partial charge in [0.05, 0.1) is 38.4 Å². The van der Waals surface area contributed by atoms with E-state index < -0.39 is 96.2 Å². The Morgan fingerprint density at radius 1 is 0.368 bits per heavy atom. The number of hydrogen-bond acceptors (Lipinski definition) is 18. The molecule has 0 aliphatic carbocycles. The van der Waals surface area contributed by atoms with Crippen molar-refractivity contribution >= 4 is 57.7 Å². The fourth-order valence-electron chi connectivity index (χ4n) is 10.5. The number of aliphatic hydroxyl groups is 1. The zero-order valence-electron chi connectivity index (χ0n) is 59.5. The second kappa shape index (κ2) is 68.0. The lowest BCUT2D eigenvalue weighted by molar-refractivity contribution is -0.161. The highest BCUT2D eigenvalue weighted by Crippen LogP contribution is 2.45. The number of phosphoric ester groups is 1. The number of rotatable bonds is 72. The molecule has 3 unspecified atom stereocenters. The first kappa shape index (κ1) is 91.8. The standard InChI is InChI=1S/C73H133NO18P2S/c1-4-7-10-13-16-19-22-25-28-31-34-37-40-44-49-54-69(76)85-63-67(90-71(78)56-51-45-41-38-35-32-29-26-23-20-17-14-11-8-5-2)59-60-93(81,82)87-61-66(75)62-88-94(83,84)89-65-68(64-86-70(77)55-50-47-43-48-53-58-73(80)92-74-95)91-72(79)57-52-46-42-39-36-33-30-27-24-21-18-15-12-9-6-3/h25-30,66-68,75H,4-24,31-65H2,1-3H3,(H,81,82)(H,83,84)/b28-25-,29-26-,30-27-/t66?,67-,68+/m0/s1. The van der Waals surface area contributed by atoms with E-state index >= 15 is 0 Å². The molecule has 95 heavy (non-hydrogen) atoms. The summed E-state index contributed by atoms with van der Waals surface area (Å²) < 4.78 is 66.7. The maximum Gasteiger partial charge on any atom is 0.472 e. The third-order valence-electron chi connectivity index (χ3n) is 16.3. The molecule has 0 aliphatic heterocycles. The largest absolute Gasteiger partial charge is 0.472 e. The number of unbranched alkanes of at least 4 members (excludes halogenated alkanes) is 37. The lowest BCUT2D eigenvalue weighted by atomic mass is 10.1. The maximum absolute atomic E-state index is 13.3. The van der Waals surface area contributed by atoms with Gasteiger partial charge in [-0.2, -0.15) is 0 Å². The third-order valence-corrected chi connectivity index (χ3v) is 18.7. The van der Waals surface area contributed by atoms with Crippen molar-refractivity contribution in [1.29, 1.82) is 0 Å². The summed E-state index contributed by atoms with van der Waals surface area (Å²) in [6.45, 7) is 3.50. The van der Waals surface area contributed by atoms with Crippen molar-refractivity contribution in [2.75, 3.05) is 39.2 Å². The Kier molecular flexibility index (Phi) is 65.7. The summed E-state index contributed by atoms with van der Waals surface area (Å²) >= 11 is 4.28. The van der Waals surface area contributed by atoms with E-state index in [1.807, 2.05) is 0 Å². The number of ether oxygens (including phenoxy) is 4. The van der Waals surface area contributed by atoms with Gasteiger partial charge in [0, 0.05) is 32.1 Å². The van der Waals surface area contributed by atoms with Crippen LogP contribution in [0.4, 0.5) is 0 Å². The molecule has 0 aromatic heterocycles. The van der Waals surface area contributed by atoms with Crippen molar-refractivity contribution in [3.63, 3.8) is 0 Å². The van der Waals surface area contributed by atoms with Gasteiger partial charge in [0.25, 0.3) is 0 Å². The number of hydrogen-bond donors (Lipinski definition) is 3. The van der Waals surface area contributed by atoms with Crippen molar-refractivity contribution in [2.24, 2.45) is 4.53 Å². The fourth-order valence-corrected chi connectivity index (χ4v) is 12.5. The Bertz CT molecular complexity index is 2060. The highest BCUT2D eigenvalue weighted by atomic mass is 32.1. The SMILES string of the molecule is CCCCCCCC/C=C\CCCCCCCC(=O)OC[C@H](CCP(=O)(O)OCC(O)COP(=O)(O)OC[C@@H](COC(=O)CCCCCCCC(=O)ON=S)OC(=O)CCCCCCC/C=C\CCCCCCCC)OC(=O)CCCCCCC/C=C\CCCCCCCC. The number of carbonyl (C=O) groups is 5. The average molecular weight is 1410 g/mol. The van der Waals surface area contributed by atoms with E-state index in [1.54, 1.807) is 0 Å². The highest BCUT2D eigenvalue weighted by Gasteiger charge is 2.30. The zero-order chi connectivity index (χ0) is 69.8. The van der Waals surface area contributed by atoms with Gasteiger partial charge in [0.1, 0.15) is 25.4 Å². The van der Waals surface area contributed by atoms with Gasteiger partial charge in [-0.3, -0.25) is 32.8 Å². The number of phosphoric acid groups is 1. The molecule has 0 heterocycles. The molecule has 554 valence electrons. The average Bonchev–Trinajstić information content (AvgIpc) is 2.34. The van der Waals surface area contributed by atoms with Crippen LogP contribution in [-0.2, 0) is 82.9 Å². The topological polar surface area (TPSA) is 266 Å². The van der Waals surface area contributed by atoms with E-state index in [9.17, 15) is 48.0 Å².